The summed E-state index contributed by atoms with van der Waals surface area (Å²) in [5.74, 6) is 0.385. The molecule has 0 fully saturated rings. The van der Waals surface area contributed by atoms with E-state index in [1.165, 1.54) is 10.4 Å². The van der Waals surface area contributed by atoms with Crippen molar-refractivity contribution in [2.24, 2.45) is 0 Å². The lowest BCUT2D eigenvalue weighted by atomic mass is 10.1. The van der Waals surface area contributed by atoms with Gasteiger partial charge in [-0.05, 0) is 36.9 Å². The molecule has 0 aromatic carbocycles. The predicted molar refractivity (Wildman–Crippen MR) is 77.0 cm³/mol. The number of nitrogens with zero attached hydrogens (tertiary/aromatic N) is 1. The minimum atomic E-state index is 0.385. The number of rotatable bonds is 2. The maximum Gasteiger partial charge on any atom is 0.231 e. The van der Waals surface area contributed by atoms with Crippen LogP contribution in [0.2, 0.25) is 0 Å². The van der Waals surface area contributed by atoms with Crippen LogP contribution in [0.15, 0.2) is 28.1 Å². The summed E-state index contributed by atoms with van der Waals surface area (Å²) < 4.78 is 5.16. The fourth-order valence-corrected chi connectivity index (χ4v) is 3.62. The van der Waals surface area contributed by atoms with Crippen molar-refractivity contribution in [1.29, 1.82) is 0 Å². The van der Waals surface area contributed by atoms with Crippen LogP contribution in [0.4, 0.5) is 5.88 Å². The molecule has 0 aliphatic carbocycles. The Bertz CT molecular complexity index is 660. The number of aryl methyl sites for hydroxylation is 2. The van der Waals surface area contributed by atoms with E-state index < -0.39 is 0 Å². The van der Waals surface area contributed by atoms with Gasteiger partial charge in [0.05, 0.1) is 10.4 Å². The third-order valence-electron chi connectivity index (χ3n) is 2.89. The summed E-state index contributed by atoms with van der Waals surface area (Å²) in [6, 6.07) is 6.17. The van der Waals surface area contributed by atoms with Gasteiger partial charge in [0, 0.05) is 9.75 Å². The molecule has 0 radical (unpaired) electrons. The van der Waals surface area contributed by atoms with Crippen LogP contribution in [0, 0.1) is 13.8 Å². The molecule has 2 N–H and O–H groups in total. The van der Waals surface area contributed by atoms with Crippen LogP contribution in [-0.4, -0.2) is 5.16 Å². The number of nitrogen functional groups attached to an aromatic ring is 1. The molecule has 3 aromatic rings. The first-order valence-corrected chi connectivity index (χ1v) is 7.23. The zero-order chi connectivity index (χ0) is 12.7. The highest BCUT2D eigenvalue weighted by atomic mass is 32.1. The smallest absolute Gasteiger partial charge is 0.231 e. The van der Waals surface area contributed by atoms with Gasteiger partial charge in [-0.3, -0.25) is 0 Å². The molecule has 0 spiro atoms. The average molecular weight is 276 g/mol. The summed E-state index contributed by atoms with van der Waals surface area (Å²) >= 11 is 3.36. The fourth-order valence-electron chi connectivity index (χ4n) is 1.82. The van der Waals surface area contributed by atoms with E-state index in [9.17, 15) is 0 Å². The van der Waals surface area contributed by atoms with Gasteiger partial charge in [-0.2, -0.15) is 0 Å². The molecule has 3 rings (SSSR count). The van der Waals surface area contributed by atoms with Gasteiger partial charge in [0.1, 0.15) is 5.69 Å². The first-order chi connectivity index (χ1) is 8.66. The summed E-state index contributed by atoms with van der Waals surface area (Å²) in [4.78, 5) is 3.49. The summed E-state index contributed by atoms with van der Waals surface area (Å²) in [5.41, 5.74) is 8.92. The number of aromatic nitrogens is 1. The van der Waals surface area contributed by atoms with Crippen molar-refractivity contribution >= 4 is 28.6 Å². The van der Waals surface area contributed by atoms with Crippen molar-refractivity contribution < 1.29 is 4.52 Å². The molecule has 5 heteroatoms. The zero-order valence-electron chi connectivity index (χ0n) is 10.1. The topological polar surface area (TPSA) is 52.0 Å². The molecular weight excluding hydrogens is 264 g/mol. The molecule has 0 amide bonds. The minimum Gasteiger partial charge on any atom is -0.367 e. The lowest BCUT2D eigenvalue weighted by Crippen LogP contribution is -1.84. The lowest BCUT2D eigenvalue weighted by molar-refractivity contribution is 0.439. The van der Waals surface area contributed by atoms with Gasteiger partial charge in [-0.25, -0.2) is 0 Å². The van der Waals surface area contributed by atoms with Crippen molar-refractivity contribution in [3.63, 3.8) is 0 Å². The maximum absolute atomic E-state index is 5.90. The highest BCUT2D eigenvalue weighted by molar-refractivity contribution is 7.16. The lowest BCUT2D eigenvalue weighted by Gasteiger charge is -1.96. The Hall–Kier alpha value is -1.59. The zero-order valence-corrected chi connectivity index (χ0v) is 11.7. The number of anilines is 1. The Labute approximate surface area is 113 Å². The molecule has 0 aliphatic heterocycles. The normalized spacial score (nSPS) is 11.0. The first-order valence-electron chi connectivity index (χ1n) is 5.53. The Kier molecular flexibility index (Phi) is 2.72. The molecule has 0 saturated carbocycles. The summed E-state index contributed by atoms with van der Waals surface area (Å²) in [6.07, 6.45) is 0. The molecule has 18 heavy (non-hydrogen) atoms. The van der Waals surface area contributed by atoms with Gasteiger partial charge in [0.15, 0.2) is 0 Å². The molecule has 3 aromatic heterocycles. The number of hydrogen-bond acceptors (Lipinski definition) is 5. The van der Waals surface area contributed by atoms with Crippen molar-refractivity contribution in [2.45, 2.75) is 13.8 Å². The molecule has 0 aliphatic rings. The van der Waals surface area contributed by atoms with E-state index in [2.05, 4.69) is 25.1 Å². The van der Waals surface area contributed by atoms with Gasteiger partial charge >= 0.3 is 0 Å². The molecule has 0 bridgehead atoms. The Balaban J connectivity index is 2.19. The van der Waals surface area contributed by atoms with E-state index in [4.69, 9.17) is 10.3 Å². The third-order valence-corrected chi connectivity index (χ3v) is 4.93. The Morgan fingerprint density at radius 1 is 1.28 bits per heavy atom. The van der Waals surface area contributed by atoms with Crippen LogP contribution in [0.25, 0.3) is 21.0 Å². The standard InChI is InChI=1S/C13H12N2OS2/c1-7-6-10(18-8(7)2)12-11(13(14)16-15-12)9-4-3-5-17-9/h3-6H,14H2,1-2H3. The van der Waals surface area contributed by atoms with Crippen LogP contribution < -0.4 is 5.73 Å². The van der Waals surface area contributed by atoms with E-state index in [0.29, 0.717) is 5.88 Å². The van der Waals surface area contributed by atoms with E-state index in [-0.39, 0.29) is 0 Å². The van der Waals surface area contributed by atoms with Crippen LogP contribution >= 0.6 is 22.7 Å². The summed E-state index contributed by atoms with van der Waals surface area (Å²) in [6.45, 7) is 4.21. The van der Waals surface area contributed by atoms with Crippen LogP contribution in [0.3, 0.4) is 0 Å². The Morgan fingerprint density at radius 3 is 2.72 bits per heavy atom. The Morgan fingerprint density at radius 2 is 2.11 bits per heavy atom. The van der Waals surface area contributed by atoms with Crippen LogP contribution in [0.1, 0.15) is 10.4 Å². The SMILES string of the molecule is Cc1cc(-c2noc(N)c2-c2cccs2)sc1C. The molecule has 92 valence electrons. The van der Waals surface area contributed by atoms with E-state index in [1.54, 1.807) is 22.7 Å². The minimum absolute atomic E-state index is 0.385. The molecule has 0 atom stereocenters. The monoisotopic (exact) mass is 276 g/mol. The van der Waals surface area contributed by atoms with Crippen molar-refractivity contribution in [2.75, 3.05) is 5.73 Å². The number of thiophene rings is 2. The largest absolute Gasteiger partial charge is 0.367 e. The molecule has 3 nitrogen and oxygen atoms in total. The number of nitrogens with two attached hydrogens (primary N) is 1. The summed E-state index contributed by atoms with van der Waals surface area (Å²) in [7, 11) is 0. The average Bonchev–Trinajstić information content (AvgIpc) is 3.01. The van der Waals surface area contributed by atoms with Gasteiger partial charge in [0.25, 0.3) is 0 Å². The van der Waals surface area contributed by atoms with Crippen LogP contribution in [-0.2, 0) is 0 Å². The predicted octanol–water partition coefficient (Wildman–Crippen LogP) is 4.33. The second kappa shape index (κ2) is 4.26. The van der Waals surface area contributed by atoms with Gasteiger partial charge in [-0.1, -0.05) is 11.2 Å². The second-order valence-corrected chi connectivity index (χ2v) is 6.30. The van der Waals surface area contributed by atoms with Crippen molar-refractivity contribution in [1.82, 2.24) is 5.16 Å². The second-order valence-electron chi connectivity index (χ2n) is 4.10. The highest BCUT2D eigenvalue weighted by Crippen LogP contribution is 2.41. The molecule has 0 saturated heterocycles. The maximum atomic E-state index is 5.90. The molecule has 3 heterocycles. The molecular formula is C13H12N2OS2. The fraction of sp³-hybridized carbons (Fsp3) is 0.154. The van der Waals surface area contributed by atoms with Crippen molar-refractivity contribution in [3.05, 3.63) is 34.0 Å². The van der Waals surface area contributed by atoms with Crippen molar-refractivity contribution in [3.8, 4) is 21.0 Å². The summed E-state index contributed by atoms with van der Waals surface area (Å²) in [5, 5.41) is 6.14. The van der Waals surface area contributed by atoms with E-state index >= 15 is 0 Å². The third kappa shape index (κ3) is 1.76. The molecule has 0 unspecified atom stereocenters. The van der Waals surface area contributed by atoms with Gasteiger partial charge < -0.3 is 10.3 Å². The first kappa shape index (κ1) is 11.5. The van der Waals surface area contributed by atoms with Crippen LogP contribution in [0.5, 0.6) is 0 Å². The van der Waals surface area contributed by atoms with E-state index in [0.717, 1.165) is 21.0 Å². The highest BCUT2D eigenvalue weighted by Gasteiger charge is 2.19. The number of hydrogen-bond donors (Lipinski definition) is 1. The van der Waals surface area contributed by atoms with E-state index in [1.807, 2.05) is 17.5 Å². The quantitative estimate of drug-likeness (QED) is 0.758. The van der Waals surface area contributed by atoms with Gasteiger partial charge in [0.2, 0.25) is 5.88 Å². The van der Waals surface area contributed by atoms with Gasteiger partial charge in [-0.15, -0.1) is 22.7 Å².